The number of halogens is 3. The number of nitrogens with one attached hydrogen (secondary N) is 2. The monoisotopic (exact) mass is 273 g/mol. The molecule has 0 bridgehead atoms. The molecule has 1 aromatic heterocycles. The van der Waals surface area contributed by atoms with Crippen molar-refractivity contribution in [2.45, 2.75) is 31.5 Å². The Bertz CT molecular complexity index is 466. The quantitative estimate of drug-likeness (QED) is 0.885. The summed E-state index contributed by atoms with van der Waals surface area (Å²) in [4.78, 5) is 15.6. The van der Waals surface area contributed by atoms with E-state index in [1.54, 1.807) is 6.07 Å². The van der Waals surface area contributed by atoms with Crippen LogP contribution in [0.25, 0.3) is 0 Å². The number of hydrogen-bond acceptors (Lipinski definition) is 3. The van der Waals surface area contributed by atoms with Crippen LogP contribution in [-0.4, -0.2) is 29.2 Å². The van der Waals surface area contributed by atoms with Gasteiger partial charge in [-0.25, -0.2) is 4.98 Å². The van der Waals surface area contributed by atoms with Crippen LogP contribution in [0.5, 0.6) is 0 Å². The van der Waals surface area contributed by atoms with E-state index >= 15 is 0 Å². The van der Waals surface area contributed by atoms with Crippen molar-refractivity contribution in [1.29, 1.82) is 0 Å². The topological polar surface area (TPSA) is 54.0 Å². The summed E-state index contributed by atoms with van der Waals surface area (Å²) in [5, 5.41) is 5.01. The van der Waals surface area contributed by atoms with Crippen LogP contribution in [0.3, 0.4) is 0 Å². The molecule has 0 aliphatic heterocycles. The highest BCUT2D eigenvalue weighted by Gasteiger charge is 2.64. The molecule has 4 nitrogen and oxygen atoms in total. The first-order valence-corrected chi connectivity index (χ1v) is 5.97. The number of aromatic nitrogens is 1. The van der Waals surface area contributed by atoms with Gasteiger partial charge in [0.05, 0.1) is 11.9 Å². The molecule has 0 radical (unpaired) electrons. The molecule has 1 amide bonds. The first-order chi connectivity index (χ1) is 8.88. The molecule has 2 N–H and O–H groups in total. The molecular formula is C12H14F3N3O. The molecule has 1 aromatic rings. The van der Waals surface area contributed by atoms with E-state index in [4.69, 9.17) is 0 Å². The lowest BCUT2D eigenvalue weighted by Gasteiger charge is -2.20. The third kappa shape index (κ3) is 2.80. The van der Waals surface area contributed by atoms with Gasteiger partial charge in [0.15, 0.2) is 0 Å². The number of nitrogens with zero attached hydrogens (tertiary/aromatic N) is 1. The van der Waals surface area contributed by atoms with Crippen LogP contribution in [0.2, 0.25) is 0 Å². The molecule has 0 saturated heterocycles. The standard InChI is InChI=1S/C12H14F3N3O/c1-2-16-8-3-4-9(17-7-8)10(19)18-11(5-6-11)12(13,14)15/h3-4,7,16H,2,5-6H2,1H3,(H,18,19). The largest absolute Gasteiger partial charge is 0.411 e. The van der Waals surface area contributed by atoms with Crippen molar-refractivity contribution in [1.82, 2.24) is 10.3 Å². The lowest BCUT2D eigenvalue weighted by atomic mass is 10.2. The van der Waals surface area contributed by atoms with Crippen molar-refractivity contribution in [3.05, 3.63) is 24.0 Å². The van der Waals surface area contributed by atoms with E-state index in [2.05, 4.69) is 10.3 Å². The fourth-order valence-electron chi connectivity index (χ4n) is 1.72. The number of carbonyl (C=O) groups excluding carboxylic acids is 1. The van der Waals surface area contributed by atoms with Gasteiger partial charge in [-0.15, -0.1) is 0 Å². The number of anilines is 1. The Labute approximate surface area is 108 Å². The minimum Gasteiger partial charge on any atom is -0.384 e. The SMILES string of the molecule is CCNc1ccc(C(=O)NC2(C(F)(F)F)CC2)nc1. The number of alkyl halides is 3. The van der Waals surface area contributed by atoms with Crippen molar-refractivity contribution >= 4 is 11.6 Å². The van der Waals surface area contributed by atoms with Gasteiger partial charge < -0.3 is 10.6 Å². The van der Waals surface area contributed by atoms with Crippen molar-refractivity contribution in [2.75, 3.05) is 11.9 Å². The second-order valence-electron chi connectivity index (χ2n) is 4.50. The van der Waals surface area contributed by atoms with E-state index in [9.17, 15) is 18.0 Å². The average Bonchev–Trinajstić information content (AvgIpc) is 3.10. The van der Waals surface area contributed by atoms with Gasteiger partial charge in [-0.3, -0.25) is 4.79 Å². The summed E-state index contributed by atoms with van der Waals surface area (Å²) in [7, 11) is 0. The maximum Gasteiger partial charge on any atom is 0.411 e. The summed E-state index contributed by atoms with van der Waals surface area (Å²) in [5.74, 6) is -0.794. The zero-order valence-corrected chi connectivity index (χ0v) is 10.3. The molecule has 0 spiro atoms. The van der Waals surface area contributed by atoms with Crippen LogP contribution in [0.1, 0.15) is 30.3 Å². The predicted octanol–water partition coefficient (Wildman–Crippen LogP) is 2.34. The van der Waals surface area contributed by atoms with Gasteiger partial charge in [0.25, 0.3) is 5.91 Å². The Kier molecular flexibility index (Phi) is 3.38. The fourth-order valence-corrected chi connectivity index (χ4v) is 1.72. The highest BCUT2D eigenvalue weighted by Crippen LogP contribution is 2.48. The molecule has 1 heterocycles. The van der Waals surface area contributed by atoms with E-state index in [-0.39, 0.29) is 18.5 Å². The summed E-state index contributed by atoms with van der Waals surface area (Å²) in [6.07, 6.45) is -3.13. The maximum atomic E-state index is 12.7. The maximum absolute atomic E-state index is 12.7. The lowest BCUT2D eigenvalue weighted by Crippen LogP contribution is -2.48. The molecule has 0 aromatic carbocycles. The Morgan fingerprint density at radius 1 is 1.42 bits per heavy atom. The number of pyridine rings is 1. The zero-order valence-electron chi connectivity index (χ0n) is 10.3. The highest BCUT2D eigenvalue weighted by atomic mass is 19.4. The van der Waals surface area contributed by atoms with E-state index in [1.165, 1.54) is 12.3 Å². The molecule has 2 rings (SSSR count). The van der Waals surface area contributed by atoms with E-state index in [1.807, 2.05) is 12.2 Å². The minimum atomic E-state index is -4.41. The van der Waals surface area contributed by atoms with Crippen molar-refractivity contribution < 1.29 is 18.0 Å². The molecule has 1 aliphatic rings. The van der Waals surface area contributed by atoms with Gasteiger partial charge in [-0.1, -0.05) is 0 Å². The molecule has 0 unspecified atom stereocenters. The highest BCUT2D eigenvalue weighted by molar-refractivity contribution is 5.93. The summed E-state index contributed by atoms with van der Waals surface area (Å²) in [6, 6.07) is 3.01. The van der Waals surface area contributed by atoms with Crippen LogP contribution >= 0.6 is 0 Å². The van der Waals surface area contributed by atoms with Gasteiger partial charge in [0.2, 0.25) is 0 Å². The molecule has 1 saturated carbocycles. The lowest BCUT2D eigenvalue weighted by molar-refractivity contribution is -0.163. The second kappa shape index (κ2) is 4.71. The molecular weight excluding hydrogens is 259 g/mol. The zero-order chi connectivity index (χ0) is 14.1. The number of carbonyl (C=O) groups is 1. The normalized spacial score (nSPS) is 16.8. The third-order valence-corrected chi connectivity index (χ3v) is 3.02. The second-order valence-corrected chi connectivity index (χ2v) is 4.50. The summed E-state index contributed by atoms with van der Waals surface area (Å²) < 4.78 is 38.1. The Morgan fingerprint density at radius 3 is 2.53 bits per heavy atom. The van der Waals surface area contributed by atoms with Gasteiger partial charge in [-0.05, 0) is 31.9 Å². The summed E-state index contributed by atoms with van der Waals surface area (Å²) in [5.41, 5.74) is -1.35. The smallest absolute Gasteiger partial charge is 0.384 e. The minimum absolute atomic E-state index is 0.0165. The van der Waals surface area contributed by atoms with E-state index in [0.29, 0.717) is 6.54 Å². The number of amides is 1. The summed E-state index contributed by atoms with van der Waals surface area (Å²) in [6.45, 7) is 2.60. The molecule has 1 aliphatic carbocycles. The molecule has 0 atom stereocenters. The van der Waals surface area contributed by atoms with Crippen LogP contribution in [0.4, 0.5) is 18.9 Å². The van der Waals surface area contributed by atoms with Gasteiger partial charge >= 0.3 is 6.18 Å². The summed E-state index contributed by atoms with van der Waals surface area (Å²) >= 11 is 0. The molecule has 7 heteroatoms. The van der Waals surface area contributed by atoms with Crippen molar-refractivity contribution in [2.24, 2.45) is 0 Å². The van der Waals surface area contributed by atoms with Gasteiger partial charge in [-0.2, -0.15) is 13.2 Å². The van der Waals surface area contributed by atoms with Crippen LogP contribution in [-0.2, 0) is 0 Å². The first kappa shape index (κ1) is 13.6. The van der Waals surface area contributed by atoms with E-state index in [0.717, 1.165) is 5.69 Å². The van der Waals surface area contributed by atoms with Crippen molar-refractivity contribution in [3.63, 3.8) is 0 Å². The Hall–Kier alpha value is -1.79. The Morgan fingerprint density at radius 2 is 2.11 bits per heavy atom. The number of hydrogen-bond donors (Lipinski definition) is 2. The third-order valence-electron chi connectivity index (χ3n) is 3.02. The predicted molar refractivity (Wildman–Crippen MR) is 63.9 cm³/mol. The Balaban J connectivity index is 2.04. The van der Waals surface area contributed by atoms with Crippen molar-refractivity contribution in [3.8, 4) is 0 Å². The van der Waals surface area contributed by atoms with E-state index < -0.39 is 17.6 Å². The number of rotatable bonds is 4. The average molecular weight is 273 g/mol. The van der Waals surface area contributed by atoms with Crippen LogP contribution < -0.4 is 10.6 Å². The molecule has 104 valence electrons. The molecule has 1 fully saturated rings. The fraction of sp³-hybridized carbons (Fsp3) is 0.500. The van der Waals surface area contributed by atoms with Crippen LogP contribution in [0, 0.1) is 0 Å². The molecule has 19 heavy (non-hydrogen) atoms. The van der Waals surface area contributed by atoms with Crippen LogP contribution in [0.15, 0.2) is 18.3 Å². The first-order valence-electron chi connectivity index (χ1n) is 5.97. The van der Waals surface area contributed by atoms with Gasteiger partial charge in [0, 0.05) is 6.54 Å². The van der Waals surface area contributed by atoms with Gasteiger partial charge in [0.1, 0.15) is 11.2 Å².